The molecule has 0 atom stereocenters. The molecular formula is C12H16ClF3N2O2. The minimum atomic E-state index is -4.75. The van der Waals surface area contributed by atoms with E-state index in [4.69, 9.17) is 0 Å². The summed E-state index contributed by atoms with van der Waals surface area (Å²) < 4.78 is 40.6. The standard InChI is InChI=1S/C12H15F3N2O2.ClH/c1-16-7-11(18)17(2)8-9-5-3-4-6-10(9)19-12(13,14)15;/h3-6,16H,7-8H2,1-2H3;1H. The normalized spacial score (nSPS) is 10.7. The molecule has 8 heteroatoms. The third-order valence-electron chi connectivity index (χ3n) is 2.36. The average molecular weight is 313 g/mol. The topological polar surface area (TPSA) is 41.6 Å². The van der Waals surface area contributed by atoms with Crippen LogP contribution in [0.3, 0.4) is 0 Å². The lowest BCUT2D eigenvalue weighted by atomic mass is 10.2. The van der Waals surface area contributed by atoms with Gasteiger partial charge in [-0.2, -0.15) is 0 Å². The number of amides is 1. The van der Waals surface area contributed by atoms with Crippen molar-refractivity contribution in [2.75, 3.05) is 20.6 Å². The first kappa shape index (κ1) is 18.5. The SMILES string of the molecule is CNCC(=O)N(C)Cc1ccccc1OC(F)(F)F.Cl. The summed E-state index contributed by atoms with van der Waals surface area (Å²) in [6, 6.07) is 5.75. The number of benzene rings is 1. The first-order chi connectivity index (χ1) is 8.83. The van der Waals surface area contributed by atoms with E-state index in [1.54, 1.807) is 13.1 Å². The molecule has 0 aliphatic heterocycles. The van der Waals surface area contributed by atoms with E-state index in [0.29, 0.717) is 5.56 Å². The second-order valence-corrected chi connectivity index (χ2v) is 3.94. The summed E-state index contributed by atoms with van der Waals surface area (Å²) in [4.78, 5) is 12.9. The first-order valence-corrected chi connectivity index (χ1v) is 5.55. The molecule has 1 N–H and O–H groups in total. The fourth-order valence-corrected chi connectivity index (χ4v) is 1.49. The van der Waals surface area contributed by atoms with Gasteiger partial charge < -0.3 is 15.0 Å². The van der Waals surface area contributed by atoms with E-state index < -0.39 is 6.36 Å². The molecule has 0 unspecified atom stereocenters. The number of carbonyl (C=O) groups excluding carboxylic acids is 1. The molecule has 0 heterocycles. The van der Waals surface area contributed by atoms with Crippen LogP contribution in [0.5, 0.6) is 5.75 Å². The largest absolute Gasteiger partial charge is 0.573 e. The molecular weight excluding hydrogens is 297 g/mol. The van der Waals surface area contributed by atoms with Crippen molar-refractivity contribution in [1.29, 1.82) is 0 Å². The Morgan fingerprint density at radius 1 is 1.35 bits per heavy atom. The van der Waals surface area contributed by atoms with Gasteiger partial charge in [0.1, 0.15) is 5.75 Å². The molecule has 0 aliphatic carbocycles. The van der Waals surface area contributed by atoms with Crippen molar-refractivity contribution < 1.29 is 22.7 Å². The number of nitrogens with one attached hydrogen (secondary N) is 1. The highest BCUT2D eigenvalue weighted by atomic mass is 35.5. The molecule has 1 aromatic rings. The van der Waals surface area contributed by atoms with Crippen LogP contribution in [0.15, 0.2) is 24.3 Å². The monoisotopic (exact) mass is 312 g/mol. The van der Waals surface area contributed by atoms with Crippen molar-refractivity contribution in [3.05, 3.63) is 29.8 Å². The Morgan fingerprint density at radius 3 is 2.50 bits per heavy atom. The van der Waals surface area contributed by atoms with Crippen LogP contribution in [0.25, 0.3) is 0 Å². The minimum Gasteiger partial charge on any atom is -0.405 e. The van der Waals surface area contributed by atoms with Crippen LogP contribution in [0.1, 0.15) is 5.56 Å². The molecule has 0 saturated heterocycles. The predicted octanol–water partition coefficient (Wildman–Crippen LogP) is 2.18. The molecule has 4 nitrogen and oxygen atoms in total. The number of hydrogen-bond donors (Lipinski definition) is 1. The Hall–Kier alpha value is -1.47. The third kappa shape index (κ3) is 6.12. The lowest BCUT2D eigenvalue weighted by Crippen LogP contribution is -2.33. The molecule has 1 aromatic carbocycles. The van der Waals surface area contributed by atoms with E-state index in [0.717, 1.165) is 0 Å². The van der Waals surface area contributed by atoms with Gasteiger partial charge in [-0.15, -0.1) is 25.6 Å². The fraction of sp³-hybridized carbons (Fsp3) is 0.417. The van der Waals surface area contributed by atoms with Gasteiger partial charge in [-0.05, 0) is 13.1 Å². The van der Waals surface area contributed by atoms with E-state index >= 15 is 0 Å². The Morgan fingerprint density at radius 2 is 1.95 bits per heavy atom. The summed E-state index contributed by atoms with van der Waals surface area (Å²) in [5.41, 5.74) is 0.298. The van der Waals surface area contributed by atoms with Crippen LogP contribution in [0, 0.1) is 0 Å². The highest BCUT2D eigenvalue weighted by Crippen LogP contribution is 2.26. The Kier molecular flexibility index (Phi) is 7.38. The maximum Gasteiger partial charge on any atom is 0.573 e. The number of hydrogen-bond acceptors (Lipinski definition) is 3. The molecule has 0 spiro atoms. The maximum absolute atomic E-state index is 12.2. The van der Waals surface area contributed by atoms with Gasteiger partial charge in [-0.1, -0.05) is 18.2 Å². The number of carbonyl (C=O) groups is 1. The molecule has 0 aliphatic rings. The van der Waals surface area contributed by atoms with Gasteiger partial charge in [0.05, 0.1) is 6.54 Å². The van der Waals surface area contributed by atoms with E-state index in [9.17, 15) is 18.0 Å². The van der Waals surface area contributed by atoms with Gasteiger partial charge in [-0.25, -0.2) is 0 Å². The lowest BCUT2D eigenvalue weighted by Gasteiger charge is -2.19. The van der Waals surface area contributed by atoms with Crippen molar-refractivity contribution >= 4 is 18.3 Å². The quantitative estimate of drug-likeness (QED) is 0.906. The van der Waals surface area contributed by atoms with Gasteiger partial charge in [0.25, 0.3) is 0 Å². The molecule has 0 saturated carbocycles. The van der Waals surface area contributed by atoms with Crippen LogP contribution < -0.4 is 10.1 Å². The summed E-state index contributed by atoms with van der Waals surface area (Å²) in [7, 11) is 3.14. The van der Waals surface area contributed by atoms with Gasteiger partial charge in [0.15, 0.2) is 0 Å². The second kappa shape index (κ2) is 7.96. The van der Waals surface area contributed by atoms with Crippen LogP contribution in [0.2, 0.25) is 0 Å². The van der Waals surface area contributed by atoms with Crippen LogP contribution in [0.4, 0.5) is 13.2 Å². The van der Waals surface area contributed by atoms with Crippen molar-refractivity contribution in [2.24, 2.45) is 0 Å². The smallest absolute Gasteiger partial charge is 0.405 e. The molecule has 114 valence electrons. The van der Waals surface area contributed by atoms with Gasteiger partial charge in [0, 0.05) is 19.2 Å². The van der Waals surface area contributed by atoms with Crippen LogP contribution in [-0.2, 0) is 11.3 Å². The lowest BCUT2D eigenvalue weighted by molar-refractivity contribution is -0.274. The zero-order valence-electron chi connectivity index (χ0n) is 11.0. The van der Waals surface area contributed by atoms with Gasteiger partial charge >= 0.3 is 6.36 Å². The van der Waals surface area contributed by atoms with Crippen molar-refractivity contribution in [1.82, 2.24) is 10.2 Å². The van der Waals surface area contributed by atoms with E-state index in [1.165, 1.54) is 30.1 Å². The third-order valence-corrected chi connectivity index (χ3v) is 2.36. The van der Waals surface area contributed by atoms with Crippen molar-refractivity contribution in [3.8, 4) is 5.75 Å². The first-order valence-electron chi connectivity index (χ1n) is 5.55. The number of nitrogens with zero attached hydrogens (tertiary/aromatic N) is 1. The second-order valence-electron chi connectivity index (χ2n) is 3.94. The van der Waals surface area contributed by atoms with Crippen molar-refractivity contribution in [3.63, 3.8) is 0 Å². The molecule has 0 radical (unpaired) electrons. The van der Waals surface area contributed by atoms with E-state index in [-0.39, 0.29) is 37.2 Å². The molecule has 0 fully saturated rings. The van der Waals surface area contributed by atoms with Gasteiger partial charge in [-0.3, -0.25) is 4.79 Å². The van der Waals surface area contributed by atoms with E-state index in [1.807, 2.05) is 0 Å². The zero-order valence-corrected chi connectivity index (χ0v) is 11.8. The molecule has 0 aromatic heterocycles. The molecule has 20 heavy (non-hydrogen) atoms. The summed E-state index contributed by atoms with van der Waals surface area (Å²) in [6.45, 7) is 0.172. The Bertz CT molecular complexity index is 441. The number of para-hydroxylation sites is 1. The van der Waals surface area contributed by atoms with Gasteiger partial charge in [0.2, 0.25) is 5.91 Å². The zero-order chi connectivity index (χ0) is 14.5. The summed E-state index contributed by atoms with van der Waals surface area (Å²) >= 11 is 0. The van der Waals surface area contributed by atoms with Crippen LogP contribution in [-0.4, -0.2) is 37.8 Å². The number of rotatable bonds is 5. The van der Waals surface area contributed by atoms with Crippen LogP contribution >= 0.6 is 12.4 Å². The predicted molar refractivity (Wildman–Crippen MR) is 70.8 cm³/mol. The number of alkyl halides is 3. The average Bonchev–Trinajstić information content (AvgIpc) is 2.30. The maximum atomic E-state index is 12.2. The van der Waals surface area contributed by atoms with Crippen molar-refractivity contribution in [2.45, 2.75) is 12.9 Å². The Labute approximate surface area is 121 Å². The summed E-state index contributed by atoms with van der Waals surface area (Å²) in [6.07, 6.45) is -4.75. The highest BCUT2D eigenvalue weighted by Gasteiger charge is 2.32. The number of likely N-dealkylation sites (N-methyl/N-ethyl adjacent to an activating group) is 2. The number of ether oxygens (including phenoxy) is 1. The highest BCUT2D eigenvalue weighted by molar-refractivity contribution is 5.85. The van der Waals surface area contributed by atoms with E-state index in [2.05, 4.69) is 10.1 Å². The number of halogens is 4. The Balaban J connectivity index is 0.00000361. The molecule has 1 rings (SSSR count). The fourth-order valence-electron chi connectivity index (χ4n) is 1.49. The summed E-state index contributed by atoms with van der Waals surface area (Å²) in [5, 5.41) is 2.68. The summed E-state index contributed by atoms with van der Waals surface area (Å²) in [5.74, 6) is -0.511. The molecule has 0 bridgehead atoms. The minimum absolute atomic E-state index is 0. The molecule has 1 amide bonds.